The Balaban J connectivity index is 1.79. The average Bonchev–Trinajstić information content (AvgIpc) is 2.95. The monoisotopic (exact) mass is 312 g/mol. The summed E-state index contributed by atoms with van der Waals surface area (Å²) < 4.78 is 11.1. The lowest BCUT2D eigenvalue weighted by Gasteiger charge is -2.06. The van der Waals surface area contributed by atoms with E-state index in [9.17, 15) is 0 Å². The molecule has 0 spiro atoms. The van der Waals surface area contributed by atoms with Gasteiger partial charge in [0.15, 0.2) is 0 Å². The first kappa shape index (κ1) is 14.7. The Morgan fingerprint density at radius 1 is 1.14 bits per heavy atom. The van der Waals surface area contributed by atoms with E-state index in [1.165, 1.54) is 0 Å². The van der Waals surface area contributed by atoms with Crippen molar-refractivity contribution in [3.05, 3.63) is 60.0 Å². The maximum Gasteiger partial charge on any atom is 0.213 e. The van der Waals surface area contributed by atoms with Crippen LogP contribution in [0.25, 0.3) is 11.3 Å². The van der Waals surface area contributed by atoms with E-state index in [-0.39, 0.29) is 0 Å². The molecule has 3 aromatic rings. The number of benzene rings is 1. The zero-order valence-corrected chi connectivity index (χ0v) is 13.3. The number of rotatable bonds is 5. The third-order valence-corrected chi connectivity index (χ3v) is 4.05. The number of aryl methyl sites for hydroxylation is 1. The van der Waals surface area contributed by atoms with Crippen molar-refractivity contribution in [3.8, 4) is 17.1 Å². The van der Waals surface area contributed by atoms with Crippen LogP contribution in [-0.4, -0.2) is 16.4 Å². The van der Waals surface area contributed by atoms with Crippen LogP contribution in [0.5, 0.6) is 5.88 Å². The Labute approximate surface area is 133 Å². The first-order valence-corrected chi connectivity index (χ1v) is 8.14. The third-order valence-electron chi connectivity index (χ3n) is 3.34. The molecule has 2 aromatic heterocycles. The van der Waals surface area contributed by atoms with Crippen LogP contribution in [0, 0.1) is 6.92 Å². The van der Waals surface area contributed by atoms with E-state index < -0.39 is 0 Å². The molecule has 0 amide bonds. The van der Waals surface area contributed by atoms with Crippen molar-refractivity contribution >= 4 is 11.8 Å². The van der Waals surface area contributed by atoms with Gasteiger partial charge in [-0.05, 0) is 19.2 Å². The lowest BCUT2D eigenvalue weighted by atomic mass is 10.1. The minimum Gasteiger partial charge on any atom is -0.473 e. The Morgan fingerprint density at radius 3 is 2.64 bits per heavy atom. The third kappa shape index (κ3) is 3.14. The summed E-state index contributed by atoms with van der Waals surface area (Å²) in [6.45, 7) is 2.27. The number of ether oxygens (including phenoxy) is 1. The molecule has 1 aromatic carbocycles. The average molecular weight is 312 g/mol. The molecule has 0 fully saturated rings. The van der Waals surface area contributed by atoms with Crippen molar-refractivity contribution in [1.29, 1.82) is 0 Å². The van der Waals surface area contributed by atoms with Crippen LogP contribution in [0.4, 0.5) is 0 Å². The van der Waals surface area contributed by atoms with E-state index >= 15 is 0 Å². The van der Waals surface area contributed by atoms with Crippen molar-refractivity contribution in [2.45, 2.75) is 18.4 Å². The number of hydrogen-bond donors (Lipinski definition) is 0. The molecule has 0 N–H and O–H groups in total. The number of nitrogens with zero attached hydrogens (tertiary/aromatic N) is 2. The van der Waals surface area contributed by atoms with E-state index in [1.54, 1.807) is 18.0 Å². The second-order valence-electron chi connectivity index (χ2n) is 4.76. The second kappa shape index (κ2) is 6.66. The molecule has 2 heterocycles. The summed E-state index contributed by atoms with van der Waals surface area (Å²) in [6.07, 6.45) is 3.82. The van der Waals surface area contributed by atoms with Gasteiger partial charge in [0.05, 0.1) is 5.56 Å². The molecule has 0 aliphatic heterocycles. The number of pyridine rings is 1. The number of hydrogen-bond acceptors (Lipinski definition) is 5. The van der Waals surface area contributed by atoms with Gasteiger partial charge < -0.3 is 9.26 Å². The summed E-state index contributed by atoms with van der Waals surface area (Å²) in [5, 5.41) is 4.15. The lowest BCUT2D eigenvalue weighted by molar-refractivity contribution is 0.290. The second-order valence-corrected chi connectivity index (χ2v) is 5.64. The smallest absolute Gasteiger partial charge is 0.213 e. The van der Waals surface area contributed by atoms with Crippen LogP contribution in [0.3, 0.4) is 0 Å². The highest BCUT2D eigenvalue weighted by molar-refractivity contribution is 7.98. The van der Waals surface area contributed by atoms with Crippen molar-refractivity contribution < 1.29 is 9.26 Å². The highest BCUT2D eigenvalue weighted by atomic mass is 32.2. The summed E-state index contributed by atoms with van der Waals surface area (Å²) in [4.78, 5) is 5.40. The van der Waals surface area contributed by atoms with E-state index in [2.05, 4.69) is 10.1 Å². The van der Waals surface area contributed by atoms with Crippen molar-refractivity contribution in [2.24, 2.45) is 0 Å². The maximum atomic E-state index is 5.77. The van der Waals surface area contributed by atoms with Crippen molar-refractivity contribution in [2.75, 3.05) is 6.26 Å². The van der Waals surface area contributed by atoms with Crippen molar-refractivity contribution in [1.82, 2.24) is 10.1 Å². The molecule has 22 heavy (non-hydrogen) atoms. The molecule has 0 radical (unpaired) electrons. The molecule has 112 valence electrons. The van der Waals surface area contributed by atoms with Crippen LogP contribution >= 0.6 is 11.8 Å². The summed E-state index contributed by atoms with van der Waals surface area (Å²) in [5.74, 6) is 1.36. The minimum absolute atomic E-state index is 0.380. The quantitative estimate of drug-likeness (QED) is 0.656. The van der Waals surface area contributed by atoms with E-state index in [1.807, 2.05) is 55.6 Å². The van der Waals surface area contributed by atoms with Gasteiger partial charge in [-0.2, -0.15) is 0 Å². The van der Waals surface area contributed by atoms with Gasteiger partial charge >= 0.3 is 0 Å². The summed E-state index contributed by atoms with van der Waals surface area (Å²) in [6, 6.07) is 13.8. The number of aromatic nitrogens is 2. The Kier molecular flexibility index (Phi) is 4.44. The zero-order valence-electron chi connectivity index (χ0n) is 12.4. The van der Waals surface area contributed by atoms with Gasteiger partial charge in [-0.3, -0.25) is 0 Å². The molecule has 0 saturated heterocycles. The Hall–Kier alpha value is -2.27. The zero-order chi connectivity index (χ0) is 15.4. The highest BCUT2D eigenvalue weighted by Crippen LogP contribution is 2.26. The molecule has 4 nitrogen and oxygen atoms in total. The van der Waals surface area contributed by atoms with Gasteiger partial charge in [0.25, 0.3) is 0 Å². The van der Waals surface area contributed by atoms with Crippen LogP contribution in [0.1, 0.15) is 11.3 Å². The summed E-state index contributed by atoms with van der Waals surface area (Å²) >= 11 is 1.65. The molecule has 3 rings (SSSR count). The standard InChI is InChI=1S/C17H16N2O2S/c1-12-15(11-20-16-9-8-14(22-2)10-18-16)17(19-21-12)13-6-4-3-5-7-13/h3-10H,11H2,1-2H3. The minimum atomic E-state index is 0.380. The van der Waals surface area contributed by atoms with Gasteiger partial charge in [-0.15, -0.1) is 11.8 Å². The summed E-state index contributed by atoms with van der Waals surface area (Å²) in [5.41, 5.74) is 2.78. The predicted molar refractivity (Wildman–Crippen MR) is 87.0 cm³/mol. The normalized spacial score (nSPS) is 10.6. The van der Waals surface area contributed by atoms with Gasteiger partial charge in [0.2, 0.25) is 5.88 Å². The van der Waals surface area contributed by atoms with Gasteiger partial charge in [-0.1, -0.05) is 35.5 Å². The van der Waals surface area contributed by atoms with E-state index in [0.29, 0.717) is 12.5 Å². The number of thioether (sulfide) groups is 1. The predicted octanol–water partition coefficient (Wildman–Crippen LogP) is 4.35. The van der Waals surface area contributed by atoms with Crippen LogP contribution in [-0.2, 0) is 6.61 Å². The largest absolute Gasteiger partial charge is 0.473 e. The van der Waals surface area contributed by atoms with Crippen molar-refractivity contribution in [3.63, 3.8) is 0 Å². The maximum absolute atomic E-state index is 5.77. The fourth-order valence-corrected chi connectivity index (χ4v) is 2.47. The fourth-order valence-electron chi connectivity index (χ4n) is 2.10. The first-order chi connectivity index (χ1) is 10.8. The topological polar surface area (TPSA) is 48.2 Å². The Bertz CT molecular complexity index is 739. The fraction of sp³-hybridized carbons (Fsp3) is 0.176. The molecule has 0 aliphatic carbocycles. The molecule has 0 saturated carbocycles. The highest BCUT2D eigenvalue weighted by Gasteiger charge is 2.15. The SMILES string of the molecule is CSc1ccc(OCc2c(-c3ccccc3)noc2C)nc1. The molecule has 0 aliphatic rings. The van der Waals surface area contributed by atoms with Gasteiger partial charge in [-0.25, -0.2) is 4.98 Å². The summed E-state index contributed by atoms with van der Waals surface area (Å²) in [7, 11) is 0. The van der Waals surface area contributed by atoms with Crippen LogP contribution < -0.4 is 4.74 Å². The van der Waals surface area contributed by atoms with E-state index in [0.717, 1.165) is 27.5 Å². The molecule has 0 atom stereocenters. The van der Waals surface area contributed by atoms with Gasteiger partial charge in [0.1, 0.15) is 18.1 Å². The molecule has 0 bridgehead atoms. The van der Waals surface area contributed by atoms with E-state index in [4.69, 9.17) is 9.26 Å². The first-order valence-electron chi connectivity index (χ1n) is 6.91. The molecular formula is C17H16N2O2S. The molecule has 5 heteroatoms. The van der Waals surface area contributed by atoms with Gasteiger partial charge in [0, 0.05) is 22.7 Å². The van der Waals surface area contributed by atoms with Crippen LogP contribution in [0.15, 0.2) is 58.1 Å². The lowest BCUT2D eigenvalue weighted by Crippen LogP contribution is -1.99. The molecule has 0 unspecified atom stereocenters. The van der Waals surface area contributed by atoms with Crippen LogP contribution in [0.2, 0.25) is 0 Å². The Morgan fingerprint density at radius 2 is 1.95 bits per heavy atom. The molecular weight excluding hydrogens is 296 g/mol.